The van der Waals surface area contributed by atoms with Crippen LogP contribution in [0, 0.1) is 0 Å². The summed E-state index contributed by atoms with van der Waals surface area (Å²) < 4.78 is 1.28. The van der Waals surface area contributed by atoms with Crippen molar-refractivity contribution >= 4 is 15.9 Å². The van der Waals surface area contributed by atoms with E-state index in [0.29, 0.717) is 5.92 Å². The predicted molar refractivity (Wildman–Crippen MR) is 77.4 cm³/mol. The minimum absolute atomic E-state index is 0.451. The van der Waals surface area contributed by atoms with Crippen molar-refractivity contribution in [2.45, 2.75) is 50.9 Å². The van der Waals surface area contributed by atoms with Gasteiger partial charge in [-0.2, -0.15) is 0 Å². The molecule has 0 heterocycles. The number of rotatable bonds is 3. The van der Waals surface area contributed by atoms with E-state index in [9.17, 15) is 0 Å². The molecule has 1 atom stereocenters. The fraction of sp³-hybridized carbons (Fsp3) is 0.600. The van der Waals surface area contributed by atoms with Crippen LogP contribution in [0.2, 0.25) is 0 Å². The maximum Gasteiger partial charge on any atom is 0.0212 e. The molecule has 0 radical (unpaired) electrons. The third-order valence-corrected chi connectivity index (χ3v) is 4.68. The van der Waals surface area contributed by atoms with Crippen LogP contribution >= 0.6 is 15.9 Å². The molecule has 2 N–H and O–H groups in total. The highest BCUT2D eigenvalue weighted by Gasteiger charge is 2.18. The maximum absolute atomic E-state index is 5.72. The highest BCUT2D eigenvalue weighted by molar-refractivity contribution is 9.10. The molecule has 1 nitrogen and oxygen atoms in total. The lowest BCUT2D eigenvalue weighted by molar-refractivity contribution is 0.442. The van der Waals surface area contributed by atoms with Crippen molar-refractivity contribution in [1.82, 2.24) is 0 Å². The van der Waals surface area contributed by atoms with Crippen molar-refractivity contribution < 1.29 is 0 Å². The molecule has 2 rings (SSSR count). The topological polar surface area (TPSA) is 26.0 Å². The summed E-state index contributed by atoms with van der Waals surface area (Å²) in [5.41, 5.74) is 8.56. The van der Waals surface area contributed by atoms with Crippen LogP contribution in [0.4, 0.5) is 0 Å². The Labute approximate surface area is 113 Å². The molecule has 0 spiro atoms. The summed E-state index contributed by atoms with van der Waals surface area (Å²) in [5.74, 6) is 1.21. The fourth-order valence-electron chi connectivity index (χ4n) is 2.73. The van der Waals surface area contributed by atoms with Crippen LogP contribution < -0.4 is 5.73 Å². The molecule has 1 saturated carbocycles. The number of nitrogens with two attached hydrogens (primary N) is 1. The second kappa shape index (κ2) is 6.01. The van der Waals surface area contributed by atoms with Gasteiger partial charge in [0.1, 0.15) is 0 Å². The summed E-state index contributed by atoms with van der Waals surface area (Å²) in [6.45, 7) is 2.90. The van der Waals surface area contributed by atoms with Crippen LogP contribution in [-0.2, 0) is 0 Å². The molecule has 1 unspecified atom stereocenters. The Morgan fingerprint density at radius 1 is 1.29 bits per heavy atom. The summed E-state index contributed by atoms with van der Waals surface area (Å²) in [7, 11) is 0. The van der Waals surface area contributed by atoms with Crippen LogP contribution in [0.3, 0.4) is 0 Å². The van der Waals surface area contributed by atoms with Gasteiger partial charge in [-0.3, -0.25) is 0 Å². The fourth-order valence-corrected chi connectivity index (χ4v) is 3.45. The van der Waals surface area contributed by atoms with E-state index in [1.807, 2.05) is 0 Å². The highest BCUT2D eigenvalue weighted by Crippen LogP contribution is 2.37. The first-order chi connectivity index (χ1) is 8.22. The Bertz CT molecular complexity index is 369. The third kappa shape index (κ3) is 3.11. The smallest absolute Gasteiger partial charge is 0.0212 e. The second-order valence-electron chi connectivity index (χ2n) is 5.25. The molecular weight excluding hydrogens is 274 g/mol. The molecule has 0 amide bonds. The first-order valence-electron chi connectivity index (χ1n) is 6.71. The van der Waals surface area contributed by atoms with Crippen LogP contribution in [0.15, 0.2) is 22.7 Å². The van der Waals surface area contributed by atoms with E-state index in [1.165, 1.54) is 47.7 Å². The largest absolute Gasteiger partial charge is 0.330 e. The SMILES string of the molecule is CC(CN)c1ccc(C2CCCCC2)c(Br)c1. The number of hydrogen-bond acceptors (Lipinski definition) is 1. The Morgan fingerprint density at radius 2 is 2.00 bits per heavy atom. The lowest BCUT2D eigenvalue weighted by Crippen LogP contribution is -2.10. The lowest BCUT2D eigenvalue weighted by Gasteiger charge is -2.23. The van der Waals surface area contributed by atoms with Gasteiger partial charge in [0.05, 0.1) is 0 Å². The minimum atomic E-state index is 0.451. The van der Waals surface area contributed by atoms with Gasteiger partial charge >= 0.3 is 0 Å². The highest BCUT2D eigenvalue weighted by atomic mass is 79.9. The lowest BCUT2D eigenvalue weighted by atomic mass is 9.83. The summed E-state index contributed by atoms with van der Waals surface area (Å²) in [4.78, 5) is 0. The van der Waals surface area contributed by atoms with E-state index < -0.39 is 0 Å². The van der Waals surface area contributed by atoms with Gasteiger partial charge in [-0.25, -0.2) is 0 Å². The van der Waals surface area contributed by atoms with Gasteiger partial charge in [0.25, 0.3) is 0 Å². The Morgan fingerprint density at radius 3 is 2.59 bits per heavy atom. The summed E-state index contributed by atoms with van der Waals surface area (Å²) in [6, 6.07) is 6.83. The maximum atomic E-state index is 5.72. The van der Waals surface area contributed by atoms with Gasteiger partial charge < -0.3 is 5.73 Å². The minimum Gasteiger partial charge on any atom is -0.330 e. The van der Waals surface area contributed by atoms with Crippen molar-refractivity contribution in [1.29, 1.82) is 0 Å². The molecule has 1 aromatic rings. The van der Waals surface area contributed by atoms with Crippen LogP contribution in [-0.4, -0.2) is 6.54 Å². The van der Waals surface area contributed by atoms with E-state index in [2.05, 4.69) is 41.1 Å². The first kappa shape index (κ1) is 13.1. The van der Waals surface area contributed by atoms with E-state index >= 15 is 0 Å². The van der Waals surface area contributed by atoms with Crippen LogP contribution in [0.1, 0.15) is 62.0 Å². The van der Waals surface area contributed by atoms with Gasteiger partial charge in [0, 0.05) is 4.47 Å². The summed E-state index contributed by atoms with van der Waals surface area (Å²) in [5, 5.41) is 0. The molecular formula is C15H22BrN. The van der Waals surface area contributed by atoms with E-state index in [4.69, 9.17) is 5.73 Å². The Kier molecular flexibility index (Phi) is 4.63. The molecule has 1 aromatic carbocycles. The van der Waals surface area contributed by atoms with Gasteiger partial charge in [-0.1, -0.05) is 54.2 Å². The molecule has 0 aliphatic heterocycles. The second-order valence-corrected chi connectivity index (χ2v) is 6.11. The molecule has 94 valence electrons. The molecule has 2 heteroatoms. The van der Waals surface area contributed by atoms with Gasteiger partial charge in [-0.05, 0) is 48.4 Å². The van der Waals surface area contributed by atoms with Gasteiger partial charge in [0.2, 0.25) is 0 Å². The monoisotopic (exact) mass is 295 g/mol. The van der Waals surface area contributed by atoms with E-state index in [0.717, 1.165) is 12.5 Å². The quantitative estimate of drug-likeness (QED) is 0.869. The van der Waals surface area contributed by atoms with E-state index in [1.54, 1.807) is 0 Å². The predicted octanol–water partition coefficient (Wildman–Crippen LogP) is 4.56. The van der Waals surface area contributed by atoms with Crippen LogP contribution in [0.25, 0.3) is 0 Å². The Balaban J connectivity index is 2.18. The summed E-state index contributed by atoms with van der Waals surface area (Å²) >= 11 is 3.74. The van der Waals surface area contributed by atoms with Gasteiger partial charge in [-0.15, -0.1) is 0 Å². The number of benzene rings is 1. The third-order valence-electron chi connectivity index (χ3n) is 3.99. The normalized spacial score (nSPS) is 19.2. The number of hydrogen-bond donors (Lipinski definition) is 1. The average molecular weight is 296 g/mol. The molecule has 0 saturated heterocycles. The molecule has 0 aromatic heterocycles. The Hall–Kier alpha value is -0.340. The average Bonchev–Trinajstić information content (AvgIpc) is 2.38. The van der Waals surface area contributed by atoms with Crippen molar-refractivity contribution in [3.63, 3.8) is 0 Å². The van der Waals surface area contributed by atoms with Crippen molar-refractivity contribution in [2.75, 3.05) is 6.54 Å². The van der Waals surface area contributed by atoms with Gasteiger partial charge in [0.15, 0.2) is 0 Å². The number of halogens is 1. The molecule has 1 aliphatic carbocycles. The first-order valence-corrected chi connectivity index (χ1v) is 7.51. The van der Waals surface area contributed by atoms with Crippen molar-refractivity contribution in [2.24, 2.45) is 5.73 Å². The van der Waals surface area contributed by atoms with E-state index in [-0.39, 0.29) is 0 Å². The zero-order chi connectivity index (χ0) is 12.3. The zero-order valence-corrected chi connectivity index (χ0v) is 12.2. The zero-order valence-electron chi connectivity index (χ0n) is 10.6. The standard InChI is InChI=1S/C15H22BrN/c1-11(10-17)13-7-8-14(15(16)9-13)12-5-3-2-4-6-12/h7-9,11-12H,2-6,10,17H2,1H3. The molecule has 0 bridgehead atoms. The van der Waals surface area contributed by atoms with Crippen molar-refractivity contribution in [3.8, 4) is 0 Å². The van der Waals surface area contributed by atoms with Crippen molar-refractivity contribution in [3.05, 3.63) is 33.8 Å². The molecule has 1 aliphatic rings. The summed E-state index contributed by atoms with van der Waals surface area (Å²) in [6.07, 6.45) is 6.89. The van der Waals surface area contributed by atoms with Crippen LogP contribution in [0.5, 0.6) is 0 Å². The molecule has 1 fully saturated rings. The molecule has 17 heavy (non-hydrogen) atoms.